The van der Waals surface area contributed by atoms with Gasteiger partial charge in [0.05, 0.1) is 0 Å². The van der Waals surface area contributed by atoms with Crippen LogP contribution in [0.2, 0.25) is 0 Å². The van der Waals surface area contributed by atoms with Crippen LogP contribution >= 0.6 is 0 Å². The molecule has 2 heterocycles. The molecule has 0 unspecified atom stereocenters. The zero-order valence-electron chi connectivity index (χ0n) is 7.25. The summed E-state index contributed by atoms with van der Waals surface area (Å²) >= 11 is 0. The van der Waals surface area contributed by atoms with Crippen LogP contribution in [0.5, 0.6) is 0 Å². The second-order valence-corrected chi connectivity index (χ2v) is 3.32. The lowest BCUT2D eigenvalue weighted by molar-refractivity contribution is 0.313. The highest BCUT2D eigenvalue weighted by Crippen LogP contribution is 2.20. The molecule has 0 atom stereocenters. The first-order valence-electron chi connectivity index (χ1n) is 4.18. The Bertz CT molecular complexity index is 296. The predicted molar refractivity (Wildman–Crippen MR) is 48.7 cm³/mol. The van der Waals surface area contributed by atoms with E-state index in [1.807, 2.05) is 0 Å². The molecule has 0 fully saturated rings. The fourth-order valence-corrected chi connectivity index (χ4v) is 1.63. The number of nitrogens with zero attached hydrogens (tertiary/aromatic N) is 2. The van der Waals surface area contributed by atoms with Crippen molar-refractivity contribution >= 4 is 5.82 Å². The highest BCUT2D eigenvalue weighted by atomic mass is 15.1. The van der Waals surface area contributed by atoms with Gasteiger partial charge in [0.1, 0.15) is 5.82 Å². The fourth-order valence-electron chi connectivity index (χ4n) is 1.63. The number of hydrogen-bond acceptors (Lipinski definition) is 3. The lowest BCUT2D eigenvalue weighted by Gasteiger charge is -2.25. The van der Waals surface area contributed by atoms with Gasteiger partial charge in [0.25, 0.3) is 0 Å². The summed E-state index contributed by atoms with van der Waals surface area (Å²) in [5, 5.41) is 0. The molecular weight excluding hydrogens is 150 g/mol. The minimum Gasteiger partial charge on any atom is -0.383 e. The van der Waals surface area contributed by atoms with Crippen molar-refractivity contribution in [3.05, 3.63) is 23.4 Å². The highest BCUT2D eigenvalue weighted by Gasteiger charge is 2.15. The Balaban J connectivity index is 2.43. The molecule has 0 aliphatic carbocycles. The van der Waals surface area contributed by atoms with Gasteiger partial charge in [-0.3, -0.25) is 0 Å². The third-order valence-electron chi connectivity index (χ3n) is 2.38. The normalized spacial score (nSPS) is 17.4. The van der Waals surface area contributed by atoms with E-state index in [1.54, 1.807) is 6.20 Å². The van der Waals surface area contributed by atoms with Crippen LogP contribution in [0, 0.1) is 0 Å². The number of aromatic nitrogens is 1. The molecule has 1 aromatic rings. The molecule has 3 heteroatoms. The van der Waals surface area contributed by atoms with Crippen molar-refractivity contribution in [2.45, 2.75) is 13.0 Å². The van der Waals surface area contributed by atoms with Gasteiger partial charge in [-0.25, -0.2) is 4.98 Å². The van der Waals surface area contributed by atoms with Crippen LogP contribution < -0.4 is 5.73 Å². The largest absolute Gasteiger partial charge is 0.383 e. The number of pyridine rings is 1. The highest BCUT2D eigenvalue weighted by molar-refractivity contribution is 5.45. The first-order valence-corrected chi connectivity index (χ1v) is 4.18. The molecule has 0 amide bonds. The number of likely N-dealkylation sites (N-methyl/N-ethyl adjacent to an activating group) is 1. The van der Waals surface area contributed by atoms with Gasteiger partial charge in [-0.05, 0) is 25.1 Å². The van der Waals surface area contributed by atoms with Crippen LogP contribution in [0.25, 0.3) is 0 Å². The van der Waals surface area contributed by atoms with Crippen LogP contribution in [0.1, 0.15) is 11.1 Å². The van der Waals surface area contributed by atoms with Gasteiger partial charge >= 0.3 is 0 Å². The van der Waals surface area contributed by atoms with Gasteiger partial charge in [0.2, 0.25) is 0 Å². The van der Waals surface area contributed by atoms with Crippen molar-refractivity contribution in [3.8, 4) is 0 Å². The van der Waals surface area contributed by atoms with Crippen LogP contribution in [0.3, 0.4) is 0 Å². The second-order valence-electron chi connectivity index (χ2n) is 3.32. The van der Waals surface area contributed by atoms with Crippen molar-refractivity contribution < 1.29 is 0 Å². The molecule has 1 aromatic heterocycles. The number of rotatable bonds is 0. The molecular formula is C9H13N3. The van der Waals surface area contributed by atoms with Crippen molar-refractivity contribution in [1.82, 2.24) is 9.88 Å². The molecule has 1 aliphatic rings. The molecule has 64 valence electrons. The molecule has 0 bridgehead atoms. The van der Waals surface area contributed by atoms with E-state index in [-0.39, 0.29) is 0 Å². The van der Waals surface area contributed by atoms with E-state index in [1.165, 1.54) is 11.1 Å². The molecule has 0 spiro atoms. The van der Waals surface area contributed by atoms with Crippen LogP contribution in [0.15, 0.2) is 12.3 Å². The third kappa shape index (κ3) is 1.16. The summed E-state index contributed by atoms with van der Waals surface area (Å²) < 4.78 is 0. The molecule has 0 aromatic carbocycles. The van der Waals surface area contributed by atoms with Crippen molar-refractivity contribution in [2.24, 2.45) is 0 Å². The van der Waals surface area contributed by atoms with Gasteiger partial charge in [-0.1, -0.05) is 0 Å². The molecule has 2 rings (SSSR count). The lowest BCUT2D eigenvalue weighted by atomic mass is 10.0. The van der Waals surface area contributed by atoms with E-state index in [2.05, 4.69) is 23.0 Å². The first kappa shape index (κ1) is 7.55. The van der Waals surface area contributed by atoms with E-state index >= 15 is 0 Å². The monoisotopic (exact) mass is 163 g/mol. The Kier molecular flexibility index (Phi) is 1.73. The Hall–Kier alpha value is -1.09. The zero-order chi connectivity index (χ0) is 8.55. The quantitative estimate of drug-likeness (QED) is 0.610. The molecule has 12 heavy (non-hydrogen) atoms. The van der Waals surface area contributed by atoms with E-state index in [0.29, 0.717) is 5.82 Å². The molecule has 0 saturated carbocycles. The molecule has 2 N–H and O–H groups in total. The fraction of sp³-hybridized carbons (Fsp3) is 0.444. The predicted octanol–water partition coefficient (Wildman–Crippen LogP) is 0.652. The summed E-state index contributed by atoms with van der Waals surface area (Å²) in [5.74, 6) is 0.694. The van der Waals surface area contributed by atoms with E-state index in [4.69, 9.17) is 5.73 Å². The van der Waals surface area contributed by atoms with Crippen molar-refractivity contribution in [3.63, 3.8) is 0 Å². The van der Waals surface area contributed by atoms with E-state index in [0.717, 1.165) is 19.5 Å². The van der Waals surface area contributed by atoms with Gasteiger partial charge in [0.15, 0.2) is 0 Å². The van der Waals surface area contributed by atoms with Gasteiger partial charge in [-0.15, -0.1) is 0 Å². The number of fused-ring (bicyclic) bond motifs is 1. The Morgan fingerprint density at radius 2 is 2.42 bits per heavy atom. The van der Waals surface area contributed by atoms with Crippen LogP contribution in [-0.2, 0) is 13.0 Å². The minimum atomic E-state index is 0.694. The maximum absolute atomic E-state index is 5.77. The van der Waals surface area contributed by atoms with Crippen molar-refractivity contribution in [2.75, 3.05) is 19.3 Å². The molecule has 1 aliphatic heterocycles. The molecule has 0 saturated heterocycles. The minimum absolute atomic E-state index is 0.694. The Morgan fingerprint density at radius 3 is 3.25 bits per heavy atom. The maximum atomic E-state index is 5.77. The molecule has 0 radical (unpaired) electrons. The number of nitrogen functional groups attached to an aromatic ring is 1. The second kappa shape index (κ2) is 2.75. The summed E-state index contributed by atoms with van der Waals surface area (Å²) in [6, 6.07) is 2.07. The summed E-state index contributed by atoms with van der Waals surface area (Å²) in [4.78, 5) is 6.34. The summed E-state index contributed by atoms with van der Waals surface area (Å²) in [7, 11) is 2.11. The first-order chi connectivity index (χ1) is 5.77. The third-order valence-corrected chi connectivity index (χ3v) is 2.38. The lowest BCUT2D eigenvalue weighted by Crippen LogP contribution is -2.27. The summed E-state index contributed by atoms with van der Waals surface area (Å²) in [6.45, 7) is 2.06. The van der Waals surface area contributed by atoms with Crippen LogP contribution in [-0.4, -0.2) is 23.5 Å². The van der Waals surface area contributed by atoms with Gasteiger partial charge < -0.3 is 10.6 Å². The number of anilines is 1. The number of nitrogens with two attached hydrogens (primary N) is 1. The molecule has 3 nitrogen and oxygen atoms in total. The zero-order valence-corrected chi connectivity index (χ0v) is 7.25. The smallest absolute Gasteiger partial charge is 0.128 e. The van der Waals surface area contributed by atoms with Gasteiger partial charge in [0, 0.05) is 24.8 Å². The van der Waals surface area contributed by atoms with Crippen LogP contribution in [0.4, 0.5) is 5.82 Å². The van der Waals surface area contributed by atoms with E-state index in [9.17, 15) is 0 Å². The standard InChI is InChI=1S/C9H13N3/c1-12-5-3-7-2-4-11-9(10)8(7)6-12/h2,4H,3,5-6H2,1H3,(H2,10,11). The SMILES string of the molecule is CN1CCc2ccnc(N)c2C1. The van der Waals surface area contributed by atoms with Crippen molar-refractivity contribution in [1.29, 1.82) is 0 Å². The average Bonchev–Trinajstić information content (AvgIpc) is 2.07. The average molecular weight is 163 g/mol. The summed E-state index contributed by atoms with van der Waals surface area (Å²) in [6.07, 6.45) is 2.89. The topological polar surface area (TPSA) is 42.2 Å². The van der Waals surface area contributed by atoms with Gasteiger partial charge in [-0.2, -0.15) is 0 Å². The maximum Gasteiger partial charge on any atom is 0.128 e. The van der Waals surface area contributed by atoms with E-state index < -0.39 is 0 Å². The Labute approximate surface area is 72.2 Å². The number of hydrogen-bond donors (Lipinski definition) is 1. The summed E-state index contributed by atoms with van der Waals surface area (Å²) in [5.41, 5.74) is 8.34. The Morgan fingerprint density at radius 1 is 1.58 bits per heavy atom.